The second-order valence-electron chi connectivity index (χ2n) is 7.63. The van der Waals surface area contributed by atoms with Crippen molar-refractivity contribution in [1.82, 2.24) is 9.80 Å². The number of hydrogen-bond donors (Lipinski definition) is 0. The van der Waals surface area contributed by atoms with Crippen molar-refractivity contribution in [2.75, 3.05) is 32.8 Å². The average molecular weight is 445 g/mol. The molecule has 2 fully saturated rings. The van der Waals surface area contributed by atoms with E-state index in [1.54, 1.807) is 4.90 Å². The lowest BCUT2D eigenvalue weighted by Gasteiger charge is -2.36. The van der Waals surface area contributed by atoms with Crippen molar-refractivity contribution in [2.24, 2.45) is 5.92 Å². The Morgan fingerprint density at radius 3 is 2.32 bits per heavy atom. The lowest BCUT2D eigenvalue weighted by atomic mass is 10.1. The normalized spacial score (nSPS) is 17.9. The van der Waals surface area contributed by atoms with Gasteiger partial charge in [-0.2, -0.15) is 0 Å². The van der Waals surface area contributed by atoms with Crippen LogP contribution in [0.25, 0.3) is 10.8 Å². The van der Waals surface area contributed by atoms with Gasteiger partial charge in [-0.15, -0.1) is 0 Å². The van der Waals surface area contributed by atoms with E-state index >= 15 is 0 Å². The number of benzene rings is 2. The standard InChI is InChI=1S/C22H25BrN2O3/c23-19-7-5-18-14-20(8-6-17(18)13-19)28-15-21(26)24-9-11-25(12-10-24)22(27)16-3-1-2-4-16/h5-8,13-14,16H,1-4,9-12,15H2. The molecule has 1 aliphatic heterocycles. The van der Waals surface area contributed by atoms with Crippen molar-refractivity contribution in [3.05, 3.63) is 40.9 Å². The molecule has 2 aliphatic rings. The van der Waals surface area contributed by atoms with Crippen LogP contribution in [0.3, 0.4) is 0 Å². The maximum Gasteiger partial charge on any atom is 0.260 e. The molecule has 2 aromatic rings. The van der Waals surface area contributed by atoms with Gasteiger partial charge in [-0.3, -0.25) is 9.59 Å². The van der Waals surface area contributed by atoms with Crippen LogP contribution in [-0.4, -0.2) is 54.4 Å². The summed E-state index contributed by atoms with van der Waals surface area (Å²) in [7, 11) is 0. The largest absolute Gasteiger partial charge is 0.484 e. The molecule has 148 valence electrons. The first kappa shape index (κ1) is 19.2. The van der Waals surface area contributed by atoms with Gasteiger partial charge < -0.3 is 14.5 Å². The van der Waals surface area contributed by atoms with E-state index in [0.29, 0.717) is 31.9 Å². The van der Waals surface area contributed by atoms with Gasteiger partial charge in [-0.05, 0) is 47.9 Å². The molecule has 1 aliphatic carbocycles. The van der Waals surface area contributed by atoms with Gasteiger partial charge in [0.05, 0.1) is 0 Å². The lowest BCUT2D eigenvalue weighted by molar-refractivity contribution is -0.142. The number of hydrogen-bond acceptors (Lipinski definition) is 3. The molecule has 1 saturated heterocycles. The Labute approximate surface area is 173 Å². The highest BCUT2D eigenvalue weighted by atomic mass is 79.9. The van der Waals surface area contributed by atoms with Crippen molar-refractivity contribution in [3.8, 4) is 5.75 Å². The van der Waals surface area contributed by atoms with E-state index in [1.807, 2.05) is 35.2 Å². The van der Waals surface area contributed by atoms with Gasteiger partial charge in [0, 0.05) is 36.6 Å². The van der Waals surface area contributed by atoms with E-state index < -0.39 is 0 Å². The van der Waals surface area contributed by atoms with Crippen molar-refractivity contribution < 1.29 is 14.3 Å². The van der Waals surface area contributed by atoms with E-state index in [0.717, 1.165) is 40.9 Å². The van der Waals surface area contributed by atoms with Gasteiger partial charge in [0.25, 0.3) is 5.91 Å². The predicted octanol–water partition coefficient (Wildman–Crippen LogP) is 3.84. The minimum absolute atomic E-state index is 0.0242. The minimum atomic E-state index is -0.0242. The quantitative estimate of drug-likeness (QED) is 0.719. The Hall–Kier alpha value is -2.08. The molecule has 0 unspecified atom stereocenters. The molecule has 4 rings (SSSR count). The zero-order valence-corrected chi connectivity index (χ0v) is 17.5. The van der Waals surface area contributed by atoms with E-state index in [1.165, 1.54) is 0 Å². The number of halogens is 1. The van der Waals surface area contributed by atoms with Crippen LogP contribution in [0.5, 0.6) is 5.75 Å². The van der Waals surface area contributed by atoms with Crippen LogP contribution in [0, 0.1) is 5.92 Å². The topological polar surface area (TPSA) is 49.9 Å². The number of amides is 2. The Bertz CT molecular complexity index is 871. The highest BCUT2D eigenvalue weighted by Gasteiger charge is 2.30. The van der Waals surface area contributed by atoms with Gasteiger partial charge in [0.2, 0.25) is 5.91 Å². The fraction of sp³-hybridized carbons (Fsp3) is 0.455. The van der Waals surface area contributed by atoms with Crippen LogP contribution in [0.2, 0.25) is 0 Å². The highest BCUT2D eigenvalue weighted by molar-refractivity contribution is 9.10. The van der Waals surface area contributed by atoms with Crippen LogP contribution in [0.15, 0.2) is 40.9 Å². The monoisotopic (exact) mass is 444 g/mol. The third kappa shape index (κ3) is 4.32. The first-order valence-corrected chi connectivity index (χ1v) is 10.8. The van der Waals surface area contributed by atoms with Crippen LogP contribution in [0.4, 0.5) is 0 Å². The highest BCUT2D eigenvalue weighted by Crippen LogP contribution is 2.27. The average Bonchev–Trinajstić information content (AvgIpc) is 3.26. The Morgan fingerprint density at radius 2 is 1.57 bits per heavy atom. The third-order valence-electron chi connectivity index (χ3n) is 5.78. The van der Waals surface area contributed by atoms with E-state index in [-0.39, 0.29) is 24.3 Å². The number of piperazine rings is 1. The number of carbonyl (C=O) groups is 2. The molecular formula is C22H25BrN2O3. The summed E-state index contributed by atoms with van der Waals surface area (Å²) in [4.78, 5) is 28.7. The summed E-state index contributed by atoms with van der Waals surface area (Å²) in [6.45, 7) is 2.47. The number of carbonyl (C=O) groups excluding carboxylic acids is 2. The molecule has 0 aromatic heterocycles. The molecule has 2 amide bonds. The first-order chi connectivity index (χ1) is 13.6. The van der Waals surface area contributed by atoms with Crippen LogP contribution < -0.4 is 4.74 Å². The third-order valence-corrected chi connectivity index (χ3v) is 6.28. The molecule has 1 heterocycles. The van der Waals surface area contributed by atoms with Gasteiger partial charge >= 0.3 is 0 Å². The maximum absolute atomic E-state index is 12.5. The number of rotatable bonds is 4. The maximum atomic E-state index is 12.5. The first-order valence-electron chi connectivity index (χ1n) is 9.99. The number of ether oxygens (including phenoxy) is 1. The second kappa shape index (κ2) is 8.52. The summed E-state index contributed by atoms with van der Waals surface area (Å²) < 4.78 is 6.77. The molecule has 0 radical (unpaired) electrons. The van der Waals surface area contributed by atoms with E-state index in [9.17, 15) is 9.59 Å². The van der Waals surface area contributed by atoms with Crippen LogP contribution in [0.1, 0.15) is 25.7 Å². The predicted molar refractivity (Wildman–Crippen MR) is 112 cm³/mol. The van der Waals surface area contributed by atoms with Gasteiger partial charge in [-0.25, -0.2) is 0 Å². The Morgan fingerprint density at radius 1 is 0.929 bits per heavy atom. The molecular weight excluding hydrogens is 420 g/mol. The van der Waals surface area contributed by atoms with Crippen molar-refractivity contribution in [2.45, 2.75) is 25.7 Å². The second-order valence-corrected chi connectivity index (χ2v) is 8.55. The SMILES string of the molecule is O=C(COc1ccc2cc(Br)ccc2c1)N1CCN(C(=O)C2CCCC2)CC1. The van der Waals surface area contributed by atoms with Crippen molar-refractivity contribution in [3.63, 3.8) is 0 Å². The molecule has 0 atom stereocenters. The Kier molecular flexibility index (Phi) is 5.85. The Balaban J connectivity index is 1.27. The molecule has 1 saturated carbocycles. The molecule has 0 bridgehead atoms. The number of fused-ring (bicyclic) bond motifs is 1. The smallest absolute Gasteiger partial charge is 0.260 e. The molecule has 28 heavy (non-hydrogen) atoms. The van der Waals surface area contributed by atoms with Crippen LogP contribution >= 0.6 is 15.9 Å². The van der Waals surface area contributed by atoms with Crippen LogP contribution in [-0.2, 0) is 9.59 Å². The number of nitrogens with zero attached hydrogens (tertiary/aromatic N) is 2. The molecule has 0 N–H and O–H groups in total. The molecule has 0 spiro atoms. The summed E-state index contributed by atoms with van der Waals surface area (Å²) >= 11 is 3.47. The zero-order valence-electron chi connectivity index (χ0n) is 15.9. The van der Waals surface area contributed by atoms with Crippen molar-refractivity contribution >= 4 is 38.5 Å². The summed E-state index contributed by atoms with van der Waals surface area (Å²) in [6.07, 6.45) is 4.37. The molecule has 2 aromatic carbocycles. The zero-order chi connectivity index (χ0) is 19.5. The van der Waals surface area contributed by atoms with Crippen molar-refractivity contribution in [1.29, 1.82) is 0 Å². The summed E-state index contributed by atoms with van der Waals surface area (Å²) in [5.41, 5.74) is 0. The fourth-order valence-electron chi connectivity index (χ4n) is 4.13. The molecule has 6 heteroatoms. The van der Waals surface area contributed by atoms with E-state index in [2.05, 4.69) is 22.0 Å². The summed E-state index contributed by atoms with van der Waals surface area (Å²) in [5.74, 6) is 1.16. The summed E-state index contributed by atoms with van der Waals surface area (Å²) in [5, 5.41) is 2.20. The van der Waals surface area contributed by atoms with Gasteiger partial charge in [-0.1, -0.05) is 40.9 Å². The van der Waals surface area contributed by atoms with E-state index in [4.69, 9.17) is 4.74 Å². The minimum Gasteiger partial charge on any atom is -0.484 e. The molecule has 5 nitrogen and oxygen atoms in total. The lowest BCUT2D eigenvalue weighted by Crippen LogP contribution is -2.52. The fourth-order valence-corrected chi connectivity index (χ4v) is 4.51. The summed E-state index contributed by atoms with van der Waals surface area (Å²) in [6, 6.07) is 11.9. The van der Waals surface area contributed by atoms with Gasteiger partial charge in [0.1, 0.15) is 5.75 Å². The van der Waals surface area contributed by atoms with Gasteiger partial charge in [0.15, 0.2) is 6.61 Å².